The largest absolute Gasteiger partial charge is 0.357 e. The zero-order valence-electron chi connectivity index (χ0n) is 15.2. The third kappa shape index (κ3) is 6.07. The van der Waals surface area contributed by atoms with Gasteiger partial charge in [0.25, 0.3) is 0 Å². The molecule has 0 aliphatic rings. The van der Waals surface area contributed by atoms with Crippen molar-refractivity contribution in [2.24, 2.45) is 4.99 Å². The highest BCUT2D eigenvalue weighted by Gasteiger charge is 2.11. The first kappa shape index (κ1) is 18.0. The van der Waals surface area contributed by atoms with Crippen molar-refractivity contribution >= 4 is 5.96 Å². The first-order chi connectivity index (χ1) is 11.5. The predicted molar refractivity (Wildman–Crippen MR) is 100 cm³/mol. The summed E-state index contributed by atoms with van der Waals surface area (Å²) in [6, 6.07) is 10.4. The van der Waals surface area contributed by atoms with Crippen LogP contribution in [0.4, 0.5) is 0 Å². The number of nitrogens with one attached hydrogen (secondary N) is 2. The number of hydrogen-bond donors (Lipinski definition) is 2. The van der Waals surface area contributed by atoms with Crippen molar-refractivity contribution in [2.75, 3.05) is 13.1 Å². The second kappa shape index (κ2) is 8.52. The van der Waals surface area contributed by atoms with Crippen LogP contribution >= 0.6 is 0 Å². The Balaban J connectivity index is 1.96. The Hall–Kier alpha value is -2.30. The van der Waals surface area contributed by atoms with Crippen LogP contribution in [0.5, 0.6) is 0 Å². The fourth-order valence-corrected chi connectivity index (χ4v) is 2.42. The summed E-state index contributed by atoms with van der Waals surface area (Å²) in [6.45, 7) is 10.9. The number of hydrogen-bond acceptors (Lipinski definition) is 2. The van der Waals surface area contributed by atoms with E-state index in [9.17, 15) is 0 Å². The second-order valence-corrected chi connectivity index (χ2v) is 6.84. The van der Waals surface area contributed by atoms with Crippen molar-refractivity contribution in [3.05, 3.63) is 54.1 Å². The SMILES string of the molecule is CCNC(=NCCc1nccn1Cc1ccccc1)NC(C)(C)C. The van der Waals surface area contributed by atoms with Gasteiger partial charge in [-0.1, -0.05) is 30.3 Å². The normalized spacial score (nSPS) is 12.2. The van der Waals surface area contributed by atoms with E-state index in [0.717, 1.165) is 31.3 Å². The van der Waals surface area contributed by atoms with E-state index in [1.807, 2.05) is 18.5 Å². The van der Waals surface area contributed by atoms with Crippen molar-refractivity contribution in [3.63, 3.8) is 0 Å². The van der Waals surface area contributed by atoms with E-state index in [0.29, 0.717) is 6.54 Å². The van der Waals surface area contributed by atoms with Crippen LogP contribution in [-0.4, -0.2) is 34.1 Å². The molecule has 1 aromatic heterocycles. The van der Waals surface area contributed by atoms with Crippen molar-refractivity contribution in [2.45, 2.75) is 46.2 Å². The Bertz CT molecular complexity index is 637. The lowest BCUT2D eigenvalue weighted by molar-refractivity contribution is 0.501. The molecule has 1 aromatic carbocycles. The standard InChI is InChI=1S/C19H29N5/c1-5-20-18(23-19(2,3)4)22-12-11-17-21-13-14-24(17)15-16-9-7-6-8-10-16/h6-10,13-14H,5,11-12,15H2,1-4H3,(H2,20,22,23). The molecule has 0 aliphatic carbocycles. The van der Waals surface area contributed by atoms with Crippen LogP contribution in [0.25, 0.3) is 0 Å². The molecule has 0 atom stereocenters. The Kier molecular flexibility index (Phi) is 6.41. The number of guanidine groups is 1. The lowest BCUT2D eigenvalue weighted by Gasteiger charge is -2.23. The van der Waals surface area contributed by atoms with Crippen molar-refractivity contribution in [1.82, 2.24) is 20.2 Å². The zero-order valence-corrected chi connectivity index (χ0v) is 15.2. The molecule has 5 nitrogen and oxygen atoms in total. The molecule has 0 saturated carbocycles. The van der Waals surface area contributed by atoms with Gasteiger partial charge in [0.15, 0.2) is 5.96 Å². The van der Waals surface area contributed by atoms with Crippen LogP contribution in [0.3, 0.4) is 0 Å². The van der Waals surface area contributed by atoms with Gasteiger partial charge in [-0.2, -0.15) is 0 Å². The maximum absolute atomic E-state index is 4.66. The topological polar surface area (TPSA) is 54.2 Å². The monoisotopic (exact) mass is 327 g/mol. The van der Waals surface area contributed by atoms with Gasteiger partial charge in [0, 0.05) is 44.0 Å². The van der Waals surface area contributed by atoms with E-state index < -0.39 is 0 Å². The first-order valence-electron chi connectivity index (χ1n) is 8.58. The molecule has 0 spiro atoms. The fourth-order valence-electron chi connectivity index (χ4n) is 2.42. The number of nitrogens with zero attached hydrogens (tertiary/aromatic N) is 3. The third-order valence-electron chi connectivity index (χ3n) is 3.44. The number of rotatable bonds is 6. The molecule has 2 aromatic rings. The van der Waals surface area contributed by atoms with Crippen molar-refractivity contribution < 1.29 is 0 Å². The Morgan fingerprint density at radius 3 is 2.62 bits per heavy atom. The molecule has 0 bridgehead atoms. The molecule has 24 heavy (non-hydrogen) atoms. The van der Waals surface area contributed by atoms with Gasteiger partial charge in [-0.25, -0.2) is 4.98 Å². The molecule has 130 valence electrons. The molecule has 0 unspecified atom stereocenters. The van der Waals surface area contributed by atoms with Crippen LogP contribution in [0, 0.1) is 0 Å². The van der Waals surface area contributed by atoms with Gasteiger partial charge in [-0.3, -0.25) is 4.99 Å². The minimum absolute atomic E-state index is 0.00716. The first-order valence-corrected chi connectivity index (χ1v) is 8.58. The summed E-state index contributed by atoms with van der Waals surface area (Å²) in [6.07, 6.45) is 4.71. The Labute approximate surface area is 145 Å². The summed E-state index contributed by atoms with van der Waals surface area (Å²) < 4.78 is 2.19. The van der Waals surface area contributed by atoms with E-state index in [-0.39, 0.29) is 5.54 Å². The minimum atomic E-state index is -0.00716. The highest BCUT2D eigenvalue weighted by atomic mass is 15.2. The lowest BCUT2D eigenvalue weighted by atomic mass is 10.1. The maximum atomic E-state index is 4.66. The Morgan fingerprint density at radius 1 is 1.21 bits per heavy atom. The molecule has 0 radical (unpaired) electrons. The van der Waals surface area contributed by atoms with Gasteiger partial charge in [-0.05, 0) is 33.3 Å². The molecular formula is C19H29N5. The average Bonchev–Trinajstić information content (AvgIpc) is 2.94. The van der Waals surface area contributed by atoms with E-state index in [1.165, 1.54) is 5.56 Å². The summed E-state index contributed by atoms with van der Waals surface area (Å²) in [5.41, 5.74) is 1.27. The Morgan fingerprint density at radius 2 is 1.96 bits per heavy atom. The average molecular weight is 327 g/mol. The second-order valence-electron chi connectivity index (χ2n) is 6.84. The quantitative estimate of drug-likeness (QED) is 0.634. The number of benzene rings is 1. The summed E-state index contributed by atoms with van der Waals surface area (Å²) >= 11 is 0. The molecule has 0 fully saturated rings. The van der Waals surface area contributed by atoms with Crippen LogP contribution in [0.15, 0.2) is 47.7 Å². The molecule has 0 aliphatic heterocycles. The molecule has 1 heterocycles. The highest BCUT2D eigenvalue weighted by Crippen LogP contribution is 2.06. The van der Waals surface area contributed by atoms with Crippen LogP contribution in [0.1, 0.15) is 39.1 Å². The van der Waals surface area contributed by atoms with Gasteiger partial charge in [0.05, 0.1) is 0 Å². The van der Waals surface area contributed by atoms with E-state index in [4.69, 9.17) is 0 Å². The molecule has 2 rings (SSSR count). The molecule has 2 N–H and O–H groups in total. The fraction of sp³-hybridized carbons (Fsp3) is 0.474. The molecule has 0 amide bonds. The van der Waals surface area contributed by atoms with Crippen LogP contribution in [-0.2, 0) is 13.0 Å². The summed E-state index contributed by atoms with van der Waals surface area (Å²) in [4.78, 5) is 9.15. The van der Waals surface area contributed by atoms with Gasteiger partial charge < -0.3 is 15.2 Å². The van der Waals surface area contributed by atoms with Gasteiger partial charge in [-0.15, -0.1) is 0 Å². The van der Waals surface area contributed by atoms with E-state index in [2.05, 4.69) is 77.1 Å². The van der Waals surface area contributed by atoms with Crippen molar-refractivity contribution in [1.29, 1.82) is 0 Å². The molecular weight excluding hydrogens is 298 g/mol. The summed E-state index contributed by atoms with van der Waals surface area (Å²) in [5, 5.41) is 6.69. The smallest absolute Gasteiger partial charge is 0.191 e. The zero-order chi connectivity index (χ0) is 17.4. The van der Waals surface area contributed by atoms with Crippen LogP contribution < -0.4 is 10.6 Å². The van der Waals surface area contributed by atoms with Gasteiger partial charge in [0.1, 0.15) is 5.82 Å². The third-order valence-corrected chi connectivity index (χ3v) is 3.44. The van der Waals surface area contributed by atoms with Crippen LogP contribution in [0.2, 0.25) is 0 Å². The van der Waals surface area contributed by atoms with Gasteiger partial charge in [0.2, 0.25) is 0 Å². The lowest BCUT2D eigenvalue weighted by Crippen LogP contribution is -2.47. The predicted octanol–water partition coefficient (Wildman–Crippen LogP) is 2.83. The van der Waals surface area contributed by atoms with E-state index >= 15 is 0 Å². The summed E-state index contributed by atoms with van der Waals surface area (Å²) in [5.74, 6) is 1.92. The van der Waals surface area contributed by atoms with Crippen molar-refractivity contribution in [3.8, 4) is 0 Å². The maximum Gasteiger partial charge on any atom is 0.191 e. The highest BCUT2D eigenvalue weighted by molar-refractivity contribution is 5.80. The number of aromatic nitrogens is 2. The van der Waals surface area contributed by atoms with Gasteiger partial charge >= 0.3 is 0 Å². The summed E-state index contributed by atoms with van der Waals surface area (Å²) in [7, 11) is 0. The number of aliphatic imine (C=N–C) groups is 1. The molecule has 5 heteroatoms. The number of imidazole rings is 1. The minimum Gasteiger partial charge on any atom is -0.357 e. The van der Waals surface area contributed by atoms with E-state index in [1.54, 1.807) is 0 Å². The molecule has 0 saturated heterocycles.